The van der Waals surface area contributed by atoms with E-state index < -0.39 is 0 Å². The van der Waals surface area contributed by atoms with Crippen LogP contribution in [0.15, 0.2) is 30.3 Å². The topological polar surface area (TPSA) is 50.9 Å². The fourth-order valence-corrected chi connectivity index (χ4v) is 1.75. The average molecular weight is 268 g/mol. The fraction of sp³-hybridized carbons (Fsp3) is 0.0833. The van der Waals surface area contributed by atoms with Gasteiger partial charge in [-0.05, 0) is 25.1 Å². The van der Waals surface area contributed by atoms with Crippen molar-refractivity contribution in [2.45, 2.75) is 6.92 Å². The Kier molecular flexibility index (Phi) is 3.41. The second kappa shape index (κ2) is 4.82. The SMILES string of the molecule is Cc1ccc(Nc2nc(N)c(Cl)cc2Cl)cc1. The summed E-state index contributed by atoms with van der Waals surface area (Å²) in [5, 5.41) is 3.87. The molecule has 0 aliphatic heterocycles. The summed E-state index contributed by atoms with van der Waals surface area (Å²) in [6.45, 7) is 2.02. The molecule has 1 aromatic carbocycles. The van der Waals surface area contributed by atoms with E-state index >= 15 is 0 Å². The molecule has 0 radical (unpaired) electrons. The van der Waals surface area contributed by atoms with E-state index in [-0.39, 0.29) is 5.82 Å². The first-order valence-electron chi connectivity index (χ1n) is 5.01. The van der Waals surface area contributed by atoms with Crippen LogP contribution in [-0.2, 0) is 0 Å². The van der Waals surface area contributed by atoms with Gasteiger partial charge in [-0.1, -0.05) is 40.9 Å². The second-order valence-electron chi connectivity index (χ2n) is 3.68. The molecule has 1 aromatic heterocycles. The molecular weight excluding hydrogens is 257 g/mol. The van der Waals surface area contributed by atoms with Crippen molar-refractivity contribution >= 4 is 40.5 Å². The van der Waals surface area contributed by atoms with Crippen molar-refractivity contribution in [3.8, 4) is 0 Å². The van der Waals surface area contributed by atoms with Crippen LogP contribution in [0.5, 0.6) is 0 Å². The quantitative estimate of drug-likeness (QED) is 0.864. The van der Waals surface area contributed by atoms with Crippen LogP contribution in [0.3, 0.4) is 0 Å². The Bertz CT molecular complexity index is 538. The third-order valence-electron chi connectivity index (χ3n) is 2.27. The van der Waals surface area contributed by atoms with Gasteiger partial charge in [0.15, 0.2) is 5.82 Å². The Labute approximate surface area is 110 Å². The number of pyridine rings is 1. The maximum Gasteiger partial charge on any atom is 0.151 e. The highest BCUT2D eigenvalue weighted by molar-refractivity contribution is 6.37. The molecule has 0 saturated heterocycles. The minimum absolute atomic E-state index is 0.255. The highest BCUT2D eigenvalue weighted by Gasteiger charge is 2.07. The normalized spacial score (nSPS) is 10.3. The van der Waals surface area contributed by atoms with Crippen LogP contribution >= 0.6 is 23.2 Å². The molecule has 88 valence electrons. The number of aryl methyl sites for hydroxylation is 1. The number of hydrogen-bond acceptors (Lipinski definition) is 3. The summed E-state index contributed by atoms with van der Waals surface area (Å²) in [5.74, 6) is 0.753. The van der Waals surface area contributed by atoms with Gasteiger partial charge in [-0.15, -0.1) is 0 Å². The Morgan fingerprint density at radius 1 is 1.12 bits per heavy atom. The first-order chi connectivity index (χ1) is 8.06. The van der Waals surface area contributed by atoms with Crippen LogP contribution in [-0.4, -0.2) is 4.98 Å². The lowest BCUT2D eigenvalue weighted by atomic mass is 10.2. The Hall–Kier alpha value is -1.45. The molecule has 17 heavy (non-hydrogen) atoms. The number of nitrogens with one attached hydrogen (secondary N) is 1. The summed E-state index contributed by atoms with van der Waals surface area (Å²) < 4.78 is 0. The monoisotopic (exact) mass is 267 g/mol. The maximum absolute atomic E-state index is 6.02. The van der Waals surface area contributed by atoms with Gasteiger partial charge < -0.3 is 11.1 Å². The summed E-state index contributed by atoms with van der Waals surface area (Å²) in [5.41, 5.74) is 7.71. The number of anilines is 3. The van der Waals surface area contributed by atoms with Crippen molar-refractivity contribution in [3.05, 3.63) is 45.9 Å². The van der Waals surface area contributed by atoms with Gasteiger partial charge in [0.1, 0.15) is 5.82 Å². The highest BCUT2D eigenvalue weighted by Crippen LogP contribution is 2.29. The molecule has 0 bridgehead atoms. The Balaban J connectivity index is 2.30. The Morgan fingerprint density at radius 2 is 1.76 bits per heavy atom. The molecule has 0 amide bonds. The van der Waals surface area contributed by atoms with Gasteiger partial charge in [-0.3, -0.25) is 0 Å². The zero-order valence-electron chi connectivity index (χ0n) is 9.17. The largest absolute Gasteiger partial charge is 0.382 e. The van der Waals surface area contributed by atoms with E-state index in [1.54, 1.807) is 6.07 Å². The van der Waals surface area contributed by atoms with Crippen LogP contribution in [0.2, 0.25) is 10.0 Å². The van der Waals surface area contributed by atoms with E-state index in [0.29, 0.717) is 15.9 Å². The van der Waals surface area contributed by atoms with E-state index in [1.807, 2.05) is 31.2 Å². The first-order valence-corrected chi connectivity index (χ1v) is 5.77. The molecule has 0 spiro atoms. The maximum atomic E-state index is 6.02. The van der Waals surface area contributed by atoms with Gasteiger partial charge in [-0.25, -0.2) is 4.98 Å². The highest BCUT2D eigenvalue weighted by atomic mass is 35.5. The van der Waals surface area contributed by atoms with Crippen LogP contribution in [0, 0.1) is 6.92 Å². The van der Waals surface area contributed by atoms with Gasteiger partial charge >= 0.3 is 0 Å². The molecule has 3 N–H and O–H groups in total. The smallest absolute Gasteiger partial charge is 0.151 e. The summed E-state index contributed by atoms with van der Waals surface area (Å²) in [6, 6.07) is 9.45. The average Bonchev–Trinajstić information content (AvgIpc) is 2.29. The molecule has 3 nitrogen and oxygen atoms in total. The minimum Gasteiger partial charge on any atom is -0.382 e. The van der Waals surface area contributed by atoms with Crippen LogP contribution in [0.25, 0.3) is 0 Å². The molecule has 0 unspecified atom stereocenters. The van der Waals surface area contributed by atoms with Gasteiger partial charge in [-0.2, -0.15) is 0 Å². The van der Waals surface area contributed by atoms with Crippen molar-refractivity contribution in [2.75, 3.05) is 11.1 Å². The Morgan fingerprint density at radius 3 is 2.41 bits per heavy atom. The van der Waals surface area contributed by atoms with Crippen LogP contribution in [0.4, 0.5) is 17.3 Å². The van der Waals surface area contributed by atoms with Crippen molar-refractivity contribution in [3.63, 3.8) is 0 Å². The van der Waals surface area contributed by atoms with Gasteiger partial charge in [0.25, 0.3) is 0 Å². The molecular formula is C12H11Cl2N3. The lowest BCUT2D eigenvalue weighted by Gasteiger charge is -2.09. The number of nitrogens with two attached hydrogens (primary N) is 1. The van der Waals surface area contributed by atoms with Crippen molar-refractivity contribution < 1.29 is 0 Å². The summed E-state index contributed by atoms with van der Waals surface area (Å²) in [6.07, 6.45) is 0. The molecule has 2 rings (SSSR count). The van der Waals surface area contributed by atoms with Crippen molar-refractivity contribution in [1.29, 1.82) is 0 Å². The molecule has 0 fully saturated rings. The standard InChI is InChI=1S/C12H11Cl2N3/c1-7-2-4-8(5-3-7)16-12-10(14)6-9(13)11(15)17-12/h2-6H,1H3,(H3,15,16,17). The predicted octanol–water partition coefficient (Wildman–Crippen LogP) is 4.02. The number of nitrogens with zero attached hydrogens (tertiary/aromatic N) is 1. The molecule has 0 aliphatic carbocycles. The number of rotatable bonds is 2. The number of nitrogen functional groups attached to an aromatic ring is 1. The van der Waals surface area contributed by atoms with E-state index in [2.05, 4.69) is 10.3 Å². The molecule has 1 heterocycles. The number of hydrogen-bond donors (Lipinski definition) is 2. The first kappa shape index (κ1) is 12.0. The van der Waals surface area contributed by atoms with Crippen LogP contribution < -0.4 is 11.1 Å². The number of benzene rings is 1. The third-order valence-corrected chi connectivity index (χ3v) is 2.86. The minimum atomic E-state index is 0.255. The van der Waals surface area contributed by atoms with E-state index in [4.69, 9.17) is 28.9 Å². The third kappa shape index (κ3) is 2.81. The van der Waals surface area contributed by atoms with Crippen molar-refractivity contribution in [2.24, 2.45) is 0 Å². The van der Waals surface area contributed by atoms with E-state index in [9.17, 15) is 0 Å². The summed E-state index contributed by atoms with van der Waals surface area (Å²) in [4.78, 5) is 4.09. The predicted molar refractivity (Wildman–Crippen MR) is 73.1 cm³/mol. The lowest BCUT2D eigenvalue weighted by Crippen LogP contribution is -1.99. The molecule has 0 aliphatic rings. The number of aromatic nitrogens is 1. The zero-order chi connectivity index (χ0) is 12.4. The van der Waals surface area contributed by atoms with Gasteiger partial charge in [0.05, 0.1) is 10.0 Å². The van der Waals surface area contributed by atoms with Gasteiger partial charge in [0, 0.05) is 5.69 Å². The molecule has 2 aromatic rings. The number of halogens is 2. The lowest BCUT2D eigenvalue weighted by molar-refractivity contribution is 1.31. The fourth-order valence-electron chi connectivity index (χ4n) is 1.34. The molecule has 0 saturated carbocycles. The van der Waals surface area contributed by atoms with Crippen LogP contribution in [0.1, 0.15) is 5.56 Å². The summed E-state index contributed by atoms with van der Waals surface area (Å²) >= 11 is 11.8. The van der Waals surface area contributed by atoms with Gasteiger partial charge in [0.2, 0.25) is 0 Å². The van der Waals surface area contributed by atoms with E-state index in [0.717, 1.165) is 5.69 Å². The molecule has 5 heteroatoms. The molecule has 0 atom stereocenters. The second-order valence-corrected chi connectivity index (χ2v) is 4.49. The zero-order valence-corrected chi connectivity index (χ0v) is 10.7. The van der Waals surface area contributed by atoms with E-state index in [1.165, 1.54) is 5.56 Å². The van der Waals surface area contributed by atoms with Crippen molar-refractivity contribution in [1.82, 2.24) is 4.98 Å². The summed E-state index contributed by atoms with van der Waals surface area (Å²) in [7, 11) is 0.